The zero-order valence-electron chi connectivity index (χ0n) is 12.7. The Balaban J connectivity index is 1.93. The average Bonchev–Trinajstić information content (AvgIpc) is 3.12. The number of aromatic amines is 1. The molecule has 1 aliphatic heterocycles. The Morgan fingerprint density at radius 2 is 2.21 bits per heavy atom. The van der Waals surface area contributed by atoms with Crippen molar-refractivity contribution in [3.05, 3.63) is 23.0 Å². The smallest absolute Gasteiger partial charge is 0.278 e. The second-order valence-corrected chi connectivity index (χ2v) is 5.38. The van der Waals surface area contributed by atoms with E-state index in [1.807, 2.05) is 0 Å². The predicted molar refractivity (Wildman–Crippen MR) is 78.5 cm³/mol. The highest BCUT2D eigenvalue weighted by molar-refractivity contribution is 5.68. The fourth-order valence-corrected chi connectivity index (χ4v) is 2.72. The number of likely N-dealkylation sites (N-methyl/N-ethyl adjacent to an activating group) is 1. The predicted octanol–water partition coefficient (Wildman–Crippen LogP) is -2.46. The van der Waals surface area contributed by atoms with Crippen LogP contribution in [0.5, 0.6) is 0 Å². The lowest BCUT2D eigenvalue weighted by Crippen LogP contribution is -2.48. The zero-order chi connectivity index (χ0) is 17.4. The van der Waals surface area contributed by atoms with E-state index >= 15 is 0 Å². The molecule has 3 heterocycles. The summed E-state index contributed by atoms with van der Waals surface area (Å²) in [6.45, 7) is 1.84. The molecule has 1 amide bonds. The van der Waals surface area contributed by atoms with Gasteiger partial charge in [-0.3, -0.25) is 14.2 Å². The molecule has 1 aliphatic rings. The number of aliphatic hydroxyl groups excluding tert-OH is 3. The van der Waals surface area contributed by atoms with Crippen molar-refractivity contribution in [3.63, 3.8) is 0 Å². The van der Waals surface area contributed by atoms with Crippen molar-refractivity contribution >= 4 is 17.6 Å². The summed E-state index contributed by atoms with van der Waals surface area (Å²) in [4.78, 5) is 33.9. The van der Waals surface area contributed by atoms with E-state index in [4.69, 9.17) is 4.74 Å². The van der Waals surface area contributed by atoms with Crippen LogP contribution in [0.3, 0.4) is 0 Å². The number of fused-ring (bicyclic) bond motifs is 1. The van der Waals surface area contributed by atoms with Gasteiger partial charge in [0.1, 0.15) is 18.3 Å². The van der Waals surface area contributed by atoms with Crippen molar-refractivity contribution in [3.8, 4) is 0 Å². The van der Waals surface area contributed by atoms with Gasteiger partial charge < -0.3 is 29.9 Å². The van der Waals surface area contributed by atoms with E-state index in [0.29, 0.717) is 6.41 Å². The van der Waals surface area contributed by atoms with Gasteiger partial charge in [0.2, 0.25) is 6.41 Å². The number of carbonyl (C=O) groups excluding carboxylic acids is 1. The van der Waals surface area contributed by atoms with Crippen LogP contribution >= 0.6 is 0 Å². The lowest BCUT2D eigenvalue weighted by Gasteiger charge is -2.28. The molecule has 3 rings (SSSR count). The molecule has 0 radical (unpaired) electrons. The first-order valence-electron chi connectivity index (χ1n) is 7.30. The number of hydrogen-bond donors (Lipinski definition) is 4. The highest BCUT2D eigenvalue weighted by atomic mass is 16.6. The first kappa shape index (κ1) is 16.5. The number of imidazole rings is 1. The van der Waals surface area contributed by atoms with Crippen LogP contribution in [0.1, 0.15) is 13.2 Å². The Kier molecular flexibility index (Phi) is 4.32. The van der Waals surface area contributed by atoms with Gasteiger partial charge in [0.05, 0.1) is 12.7 Å². The molecule has 0 aromatic carbocycles. The molecule has 2 aromatic heterocycles. The average molecular weight is 339 g/mol. The second kappa shape index (κ2) is 6.28. The third-order valence-electron chi connectivity index (χ3n) is 4.05. The molecule has 2 aromatic rings. The molecule has 0 saturated carbocycles. The van der Waals surface area contributed by atoms with Gasteiger partial charge in [0.15, 0.2) is 23.6 Å². The quantitative estimate of drug-likeness (QED) is 0.345. The van der Waals surface area contributed by atoms with E-state index in [2.05, 4.69) is 15.0 Å². The van der Waals surface area contributed by atoms with E-state index < -0.39 is 36.3 Å². The molecule has 1 fully saturated rings. The van der Waals surface area contributed by atoms with Gasteiger partial charge in [-0.05, 0) is 6.92 Å². The Hall–Kier alpha value is -2.34. The highest BCUT2D eigenvalue weighted by Crippen LogP contribution is 2.32. The summed E-state index contributed by atoms with van der Waals surface area (Å²) in [6.07, 6.45) is -3.79. The lowest BCUT2D eigenvalue weighted by atomic mass is 10.1. The Morgan fingerprint density at radius 1 is 1.46 bits per heavy atom. The van der Waals surface area contributed by atoms with Crippen LogP contribution in [-0.4, -0.2) is 77.2 Å². The van der Waals surface area contributed by atoms with E-state index in [9.17, 15) is 24.9 Å². The number of rotatable bonds is 5. The van der Waals surface area contributed by atoms with Crippen LogP contribution in [0, 0.1) is 0 Å². The molecular formula is C13H17N5O6. The SMILES string of the molecule is CCN(C=O)C(O)[C@H]1O[C@@H](n2cnc3c(=O)[nH]cnc32)[C@H](O)[C@@H]1O. The van der Waals surface area contributed by atoms with Gasteiger partial charge >= 0.3 is 0 Å². The molecule has 1 saturated heterocycles. The fourth-order valence-electron chi connectivity index (χ4n) is 2.72. The van der Waals surface area contributed by atoms with Gasteiger partial charge in [-0.25, -0.2) is 9.97 Å². The maximum atomic E-state index is 11.7. The molecule has 130 valence electrons. The Bertz CT molecular complexity index is 790. The fraction of sp³-hybridized carbons (Fsp3) is 0.538. The number of ether oxygens (including phenoxy) is 1. The van der Waals surface area contributed by atoms with E-state index in [-0.39, 0.29) is 17.7 Å². The van der Waals surface area contributed by atoms with Crippen molar-refractivity contribution in [2.24, 2.45) is 0 Å². The van der Waals surface area contributed by atoms with Crippen LogP contribution in [0.25, 0.3) is 11.2 Å². The molecule has 24 heavy (non-hydrogen) atoms. The summed E-state index contributed by atoms with van der Waals surface area (Å²) in [5.41, 5.74) is -0.246. The van der Waals surface area contributed by atoms with Gasteiger partial charge in [-0.15, -0.1) is 0 Å². The van der Waals surface area contributed by atoms with Crippen molar-refractivity contribution < 1.29 is 24.9 Å². The molecule has 0 spiro atoms. The first-order valence-corrected chi connectivity index (χ1v) is 7.30. The van der Waals surface area contributed by atoms with E-state index in [0.717, 1.165) is 4.90 Å². The Morgan fingerprint density at radius 3 is 2.88 bits per heavy atom. The van der Waals surface area contributed by atoms with Crippen LogP contribution in [-0.2, 0) is 9.53 Å². The minimum absolute atomic E-state index is 0.0508. The third-order valence-corrected chi connectivity index (χ3v) is 4.05. The molecule has 0 bridgehead atoms. The van der Waals surface area contributed by atoms with Crippen LogP contribution in [0.4, 0.5) is 0 Å². The van der Waals surface area contributed by atoms with E-state index in [1.54, 1.807) is 6.92 Å². The molecular weight excluding hydrogens is 322 g/mol. The standard InChI is InChI=1S/C13H17N5O6/c1-2-17(5-19)12(23)9-7(20)8(21)13(24-9)18-4-16-6-10(18)14-3-15-11(6)22/h3-5,7-9,12-13,20-21,23H,2H2,1H3,(H,14,15,22)/t7-,8+,9-,12?,13+/m0/s1. The van der Waals surface area contributed by atoms with Crippen molar-refractivity contribution in [2.45, 2.75) is 37.7 Å². The summed E-state index contributed by atoms with van der Waals surface area (Å²) >= 11 is 0. The number of nitrogens with zero attached hydrogens (tertiary/aromatic N) is 4. The highest BCUT2D eigenvalue weighted by Gasteiger charge is 2.48. The lowest BCUT2D eigenvalue weighted by molar-refractivity contribution is -0.152. The second-order valence-electron chi connectivity index (χ2n) is 5.38. The maximum Gasteiger partial charge on any atom is 0.278 e. The summed E-state index contributed by atoms with van der Waals surface area (Å²) in [7, 11) is 0. The van der Waals surface area contributed by atoms with Crippen LogP contribution < -0.4 is 5.56 Å². The molecule has 4 N–H and O–H groups in total. The van der Waals surface area contributed by atoms with Crippen molar-refractivity contribution in [2.75, 3.05) is 6.54 Å². The molecule has 11 heteroatoms. The van der Waals surface area contributed by atoms with Crippen LogP contribution in [0.15, 0.2) is 17.4 Å². The summed E-state index contributed by atoms with van der Waals surface area (Å²) in [5, 5.41) is 30.6. The minimum atomic E-state index is -1.45. The monoisotopic (exact) mass is 339 g/mol. The van der Waals surface area contributed by atoms with Gasteiger partial charge in [-0.2, -0.15) is 0 Å². The van der Waals surface area contributed by atoms with Gasteiger partial charge in [0.25, 0.3) is 5.56 Å². The number of carbonyl (C=O) groups is 1. The van der Waals surface area contributed by atoms with Gasteiger partial charge in [-0.1, -0.05) is 0 Å². The summed E-state index contributed by atoms with van der Waals surface area (Å²) < 4.78 is 6.84. The van der Waals surface area contributed by atoms with E-state index in [1.165, 1.54) is 17.2 Å². The normalized spacial score (nSPS) is 28.2. The molecule has 1 unspecified atom stereocenters. The Labute approximate surface area is 135 Å². The summed E-state index contributed by atoms with van der Waals surface area (Å²) in [5.74, 6) is 0. The van der Waals surface area contributed by atoms with Crippen LogP contribution in [0.2, 0.25) is 0 Å². The third kappa shape index (κ3) is 2.47. The van der Waals surface area contributed by atoms with Crippen molar-refractivity contribution in [1.29, 1.82) is 0 Å². The molecule has 5 atom stereocenters. The maximum absolute atomic E-state index is 11.7. The zero-order valence-corrected chi connectivity index (χ0v) is 12.7. The molecule has 0 aliphatic carbocycles. The number of hydrogen-bond acceptors (Lipinski definition) is 8. The first-order chi connectivity index (χ1) is 11.5. The topological polar surface area (TPSA) is 154 Å². The number of aromatic nitrogens is 4. The number of nitrogens with one attached hydrogen (secondary N) is 1. The largest absolute Gasteiger partial charge is 0.387 e. The summed E-state index contributed by atoms with van der Waals surface area (Å²) in [6, 6.07) is 0. The molecule has 11 nitrogen and oxygen atoms in total. The van der Waals surface area contributed by atoms with Crippen molar-refractivity contribution in [1.82, 2.24) is 24.4 Å². The number of H-pyrrole nitrogens is 1. The van der Waals surface area contributed by atoms with Gasteiger partial charge in [0, 0.05) is 6.54 Å². The number of aliphatic hydroxyl groups is 3. The number of amides is 1. The minimum Gasteiger partial charge on any atom is -0.387 e.